The van der Waals surface area contributed by atoms with Crippen LogP contribution in [0.3, 0.4) is 0 Å². The van der Waals surface area contributed by atoms with E-state index >= 15 is 0 Å². The second-order valence-corrected chi connectivity index (χ2v) is 19.9. The van der Waals surface area contributed by atoms with Crippen molar-refractivity contribution in [2.75, 3.05) is 26.4 Å². The van der Waals surface area contributed by atoms with Crippen LogP contribution < -0.4 is 0 Å². The average Bonchev–Trinajstić information content (AvgIpc) is 3.53. The topological polar surface area (TPSA) is 167 Å². The average molecular weight is 1100 g/mol. The van der Waals surface area contributed by atoms with Crippen LogP contribution >= 0.6 is 0 Å². The first-order valence-corrected chi connectivity index (χ1v) is 27.8. The SMILES string of the molecule is [N-]=[N+]=NCCCCCO[C@H]1OC(COCc2ccccc2)[C@@H](OCc2ccccc2)C(OCc2ccccc2)C1O[C@H]1OC(COCc2ccccc2)[C@@H](OCc2ccccc2)C(OCc2ccccc2)C1OC(=O)c1ccccc1. The van der Waals surface area contributed by atoms with Crippen molar-refractivity contribution >= 4 is 5.97 Å². The van der Waals surface area contributed by atoms with E-state index in [4.69, 9.17) is 57.6 Å². The van der Waals surface area contributed by atoms with E-state index in [-0.39, 0.29) is 52.9 Å². The maximum Gasteiger partial charge on any atom is 0.338 e. The van der Waals surface area contributed by atoms with Crippen LogP contribution in [0, 0.1) is 0 Å². The summed E-state index contributed by atoms with van der Waals surface area (Å²) >= 11 is 0. The van der Waals surface area contributed by atoms with Crippen LogP contribution in [0.5, 0.6) is 0 Å². The van der Waals surface area contributed by atoms with E-state index in [9.17, 15) is 4.79 Å². The van der Waals surface area contributed by atoms with E-state index < -0.39 is 67.4 Å². The third kappa shape index (κ3) is 18.2. The highest BCUT2D eigenvalue weighted by molar-refractivity contribution is 5.89. The molecular weight excluding hydrogens is 1030 g/mol. The van der Waals surface area contributed by atoms with Gasteiger partial charge in [0.05, 0.1) is 58.4 Å². The number of esters is 1. The highest BCUT2D eigenvalue weighted by atomic mass is 16.8. The predicted molar refractivity (Wildman–Crippen MR) is 304 cm³/mol. The number of carbonyl (C=O) groups excluding carboxylic acids is 1. The smallest absolute Gasteiger partial charge is 0.338 e. The van der Waals surface area contributed by atoms with E-state index in [2.05, 4.69) is 10.0 Å². The molecule has 10 atom stereocenters. The van der Waals surface area contributed by atoms with Gasteiger partial charge in [0, 0.05) is 18.1 Å². The van der Waals surface area contributed by atoms with E-state index in [0.717, 1.165) is 39.8 Å². The van der Waals surface area contributed by atoms with Crippen molar-refractivity contribution in [3.05, 3.63) is 262 Å². The van der Waals surface area contributed by atoms with Crippen molar-refractivity contribution < 1.29 is 56.9 Å². The molecule has 422 valence electrons. The minimum atomic E-state index is -1.38. The summed E-state index contributed by atoms with van der Waals surface area (Å²) in [6.45, 7) is 2.00. The van der Waals surface area contributed by atoms with Crippen LogP contribution in [0.1, 0.15) is 63.0 Å². The van der Waals surface area contributed by atoms with Crippen molar-refractivity contribution in [1.29, 1.82) is 0 Å². The van der Waals surface area contributed by atoms with Crippen LogP contribution in [0.4, 0.5) is 0 Å². The Bertz CT molecular complexity index is 2900. The fourth-order valence-corrected chi connectivity index (χ4v) is 9.75. The normalized spacial score (nSPS) is 22.6. The molecule has 2 aliphatic rings. The molecule has 0 aliphatic carbocycles. The molecule has 0 amide bonds. The first-order valence-electron chi connectivity index (χ1n) is 27.8. The highest BCUT2D eigenvalue weighted by Crippen LogP contribution is 2.37. The largest absolute Gasteiger partial charge is 0.450 e. The maximum absolute atomic E-state index is 14.7. The Labute approximate surface area is 474 Å². The molecule has 0 radical (unpaired) electrons. The molecule has 6 unspecified atom stereocenters. The second kappa shape index (κ2) is 32.4. The van der Waals surface area contributed by atoms with Gasteiger partial charge in [-0.1, -0.05) is 212 Å². The van der Waals surface area contributed by atoms with Gasteiger partial charge in [-0.25, -0.2) is 4.79 Å². The Kier molecular flexibility index (Phi) is 23.4. The second-order valence-electron chi connectivity index (χ2n) is 19.9. The molecule has 2 saturated heterocycles. The first kappa shape index (κ1) is 58.6. The molecule has 0 aromatic heterocycles. The van der Waals surface area contributed by atoms with Crippen molar-refractivity contribution in [1.82, 2.24) is 0 Å². The lowest BCUT2D eigenvalue weighted by molar-refractivity contribution is -0.379. The number of carbonyl (C=O) groups is 1. The zero-order chi connectivity index (χ0) is 55.5. The zero-order valence-electron chi connectivity index (χ0n) is 45.4. The van der Waals surface area contributed by atoms with Crippen LogP contribution in [0.2, 0.25) is 0 Å². The standard InChI is InChI=1S/C66H71N3O12/c67-69-68-39-23-8-24-40-73-65-62(60(76-45-53-33-17-5-18-34-53)58(74-43-51-29-13-3-14-30-51)56(78-65)47-71-41-49-25-9-1-10-26-49)81-66-63(80-64(70)55-37-21-7-22-38-55)61(77-46-54-35-19-6-20-36-54)59(75-44-52-31-15-4-16-32-52)57(79-66)48-72-42-50-27-11-2-12-28-50/h1-7,9-22,25-38,56-63,65-66H,8,23-24,39-48H2/t56?,57?,58-,59-,60?,61?,62?,63?,65+,66-/m1/s1. The minimum Gasteiger partial charge on any atom is -0.450 e. The van der Waals surface area contributed by atoms with Gasteiger partial charge in [0.2, 0.25) is 0 Å². The third-order valence-corrected chi connectivity index (χ3v) is 13.9. The molecule has 0 spiro atoms. The molecule has 15 heteroatoms. The zero-order valence-corrected chi connectivity index (χ0v) is 45.4. The predicted octanol–water partition coefficient (Wildman–Crippen LogP) is 12.3. The summed E-state index contributed by atoms with van der Waals surface area (Å²) < 4.78 is 76.4. The fraction of sp³-hybridized carbons (Fsp3) is 0.348. The van der Waals surface area contributed by atoms with Crippen LogP contribution in [0.15, 0.2) is 217 Å². The summed E-state index contributed by atoms with van der Waals surface area (Å²) in [4.78, 5) is 17.6. The van der Waals surface area contributed by atoms with E-state index in [1.165, 1.54) is 0 Å². The van der Waals surface area contributed by atoms with Crippen molar-refractivity contribution in [3.63, 3.8) is 0 Å². The van der Waals surface area contributed by atoms with Gasteiger partial charge in [-0.15, -0.1) is 0 Å². The Morgan fingerprint density at radius 2 is 0.778 bits per heavy atom. The van der Waals surface area contributed by atoms with Gasteiger partial charge in [-0.05, 0) is 63.9 Å². The Balaban J connectivity index is 1.13. The molecule has 7 aromatic rings. The number of rotatable bonds is 31. The highest BCUT2D eigenvalue weighted by Gasteiger charge is 2.55. The number of unbranched alkanes of at least 4 members (excludes halogenated alkanes) is 2. The lowest BCUT2D eigenvalue weighted by Gasteiger charge is -2.50. The number of hydrogen-bond acceptors (Lipinski definition) is 13. The number of nitrogens with zero attached hydrogens (tertiary/aromatic N) is 3. The Morgan fingerprint density at radius 1 is 0.407 bits per heavy atom. The number of hydrogen-bond donors (Lipinski definition) is 0. The van der Waals surface area contributed by atoms with Crippen LogP contribution in [-0.2, 0) is 91.7 Å². The quantitative estimate of drug-likeness (QED) is 0.0133. The van der Waals surface area contributed by atoms with Crippen LogP contribution in [0.25, 0.3) is 10.4 Å². The Morgan fingerprint density at radius 3 is 1.20 bits per heavy atom. The van der Waals surface area contributed by atoms with E-state index in [0.29, 0.717) is 31.6 Å². The molecule has 15 nitrogen and oxygen atoms in total. The molecule has 0 bridgehead atoms. The van der Waals surface area contributed by atoms with Crippen molar-refractivity contribution in [3.8, 4) is 0 Å². The van der Waals surface area contributed by atoms with Crippen molar-refractivity contribution in [2.24, 2.45) is 5.11 Å². The lowest BCUT2D eigenvalue weighted by atomic mass is 9.96. The van der Waals surface area contributed by atoms with Gasteiger partial charge < -0.3 is 52.1 Å². The van der Waals surface area contributed by atoms with Gasteiger partial charge >= 0.3 is 5.97 Å². The van der Waals surface area contributed by atoms with E-state index in [1.807, 2.05) is 188 Å². The summed E-state index contributed by atoms with van der Waals surface area (Å²) in [5.41, 5.74) is 14.9. The van der Waals surface area contributed by atoms with Gasteiger partial charge in [0.25, 0.3) is 0 Å². The minimum absolute atomic E-state index is 0.0350. The number of ether oxygens (including phenoxy) is 11. The molecule has 7 aromatic carbocycles. The van der Waals surface area contributed by atoms with Crippen LogP contribution in [-0.4, -0.2) is 93.7 Å². The summed E-state index contributed by atoms with van der Waals surface area (Å²) in [7, 11) is 0. The molecule has 2 aliphatic heterocycles. The maximum atomic E-state index is 14.7. The number of azide groups is 1. The van der Waals surface area contributed by atoms with Gasteiger partial charge in [-0.3, -0.25) is 0 Å². The summed E-state index contributed by atoms with van der Waals surface area (Å²) in [6.07, 6.45) is -8.16. The van der Waals surface area contributed by atoms with E-state index in [1.54, 1.807) is 24.3 Å². The molecule has 81 heavy (non-hydrogen) atoms. The third-order valence-electron chi connectivity index (χ3n) is 13.9. The summed E-state index contributed by atoms with van der Waals surface area (Å²) in [6, 6.07) is 67.9. The van der Waals surface area contributed by atoms with Crippen molar-refractivity contribution in [2.45, 2.75) is 120 Å². The fourth-order valence-electron chi connectivity index (χ4n) is 9.75. The molecule has 0 N–H and O–H groups in total. The molecule has 2 heterocycles. The molecular formula is C66H71N3O12. The Hall–Kier alpha value is -7.08. The first-order chi connectivity index (χ1) is 40.1. The monoisotopic (exact) mass is 1100 g/mol. The van der Waals surface area contributed by atoms with Gasteiger partial charge in [0.1, 0.15) is 42.7 Å². The van der Waals surface area contributed by atoms with Gasteiger partial charge in [-0.2, -0.15) is 0 Å². The van der Waals surface area contributed by atoms with Gasteiger partial charge in [0.15, 0.2) is 18.7 Å². The number of benzene rings is 7. The lowest BCUT2D eigenvalue weighted by Crippen LogP contribution is -2.66. The molecule has 9 rings (SSSR count). The molecule has 0 saturated carbocycles. The summed E-state index contributed by atoms with van der Waals surface area (Å²) in [5.74, 6) is -0.628. The molecule has 2 fully saturated rings. The summed E-state index contributed by atoms with van der Waals surface area (Å²) in [5, 5.41) is 3.73.